The summed E-state index contributed by atoms with van der Waals surface area (Å²) in [6, 6.07) is 48.4. The Kier molecular flexibility index (Phi) is 5.22. The maximum Gasteiger partial charge on any atom is 0.0640 e. The van der Waals surface area contributed by atoms with Crippen LogP contribution >= 0.6 is 27.3 Å². The molecule has 0 saturated carbocycles. The maximum absolute atomic E-state index is 3.72. The van der Waals surface area contributed by atoms with Gasteiger partial charge in [-0.1, -0.05) is 107 Å². The summed E-state index contributed by atoms with van der Waals surface area (Å²) in [5, 5.41) is 5.19. The number of benzene rings is 6. The highest BCUT2D eigenvalue weighted by atomic mass is 79.9. The number of nitrogens with zero attached hydrogens (tertiary/aromatic N) is 1. The summed E-state index contributed by atoms with van der Waals surface area (Å²) in [7, 11) is 0. The van der Waals surface area contributed by atoms with Gasteiger partial charge >= 0.3 is 0 Å². The monoisotopic (exact) mass is 579 g/mol. The van der Waals surface area contributed by atoms with Gasteiger partial charge in [-0.05, 0) is 64.7 Å². The molecule has 0 aliphatic heterocycles. The lowest BCUT2D eigenvalue weighted by atomic mass is 9.98. The fourth-order valence-electron chi connectivity index (χ4n) is 5.88. The smallest absolute Gasteiger partial charge is 0.0640 e. The Morgan fingerprint density at radius 2 is 1.18 bits per heavy atom. The Morgan fingerprint density at radius 3 is 2.10 bits per heavy atom. The van der Waals surface area contributed by atoms with Crippen molar-refractivity contribution in [1.82, 2.24) is 4.57 Å². The first-order chi connectivity index (χ1) is 19.3. The van der Waals surface area contributed by atoms with Gasteiger partial charge in [0.2, 0.25) is 0 Å². The fraction of sp³-hybridized carbons (Fsp3) is 0. The normalized spacial score (nSPS) is 11.7. The van der Waals surface area contributed by atoms with Gasteiger partial charge in [-0.25, -0.2) is 0 Å². The van der Waals surface area contributed by atoms with Gasteiger partial charge in [0.1, 0.15) is 0 Å². The number of rotatable bonds is 3. The summed E-state index contributed by atoms with van der Waals surface area (Å²) in [5.41, 5.74) is 8.55. The number of thiophene rings is 1. The molecule has 3 heteroatoms. The van der Waals surface area contributed by atoms with Crippen molar-refractivity contribution < 1.29 is 0 Å². The second kappa shape index (κ2) is 8.94. The maximum atomic E-state index is 3.72. The summed E-state index contributed by atoms with van der Waals surface area (Å²) in [6.07, 6.45) is 0. The Balaban J connectivity index is 1.36. The Morgan fingerprint density at radius 1 is 0.487 bits per heavy atom. The lowest BCUT2D eigenvalue weighted by Crippen LogP contribution is -1.93. The molecule has 2 heterocycles. The first-order valence-corrected chi connectivity index (χ1v) is 14.7. The highest BCUT2D eigenvalue weighted by Gasteiger charge is 2.17. The van der Waals surface area contributed by atoms with Gasteiger partial charge in [0.15, 0.2) is 0 Å². The summed E-state index contributed by atoms with van der Waals surface area (Å²) < 4.78 is 6.21. The molecular formula is C36H22BrNS. The van der Waals surface area contributed by atoms with Crippen LogP contribution in [0.3, 0.4) is 0 Å². The molecule has 0 N–H and O–H groups in total. The average molecular weight is 581 g/mol. The topological polar surface area (TPSA) is 4.93 Å². The van der Waals surface area contributed by atoms with Crippen LogP contribution in [0.2, 0.25) is 0 Å². The predicted molar refractivity (Wildman–Crippen MR) is 172 cm³/mol. The number of fused-ring (bicyclic) bond motifs is 6. The van der Waals surface area contributed by atoms with E-state index in [1.807, 2.05) is 11.3 Å². The van der Waals surface area contributed by atoms with Gasteiger partial charge in [0, 0.05) is 30.7 Å². The van der Waals surface area contributed by atoms with Crippen molar-refractivity contribution >= 4 is 69.2 Å². The number of hydrogen-bond acceptors (Lipinski definition) is 1. The predicted octanol–water partition coefficient (Wildman–Crippen LogP) is 11.2. The van der Waals surface area contributed by atoms with E-state index < -0.39 is 0 Å². The van der Waals surface area contributed by atoms with Crippen LogP contribution in [-0.4, -0.2) is 4.57 Å². The molecule has 0 unspecified atom stereocenters. The largest absolute Gasteiger partial charge is 0.308 e. The summed E-state index contributed by atoms with van der Waals surface area (Å²) in [6.45, 7) is 0. The van der Waals surface area contributed by atoms with Gasteiger partial charge in [0.05, 0.1) is 21.4 Å². The number of para-hydroxylation sites is 1. The van der Waals surface area contributed by atoms with Crippen LogP contribution in [0.25, 0.3) is 69.9 Å². The van der Waals surface area contributed by atoms with Crippen LogP contribution in [-0.2, 0) is 0 Å². The molecule has 1 nitrogen and oxygen atoms in total. The third kappa shape index (κ3) is 3.58. The van der Waals surface area contributed by atoms with E-state index in [0.29, 0.717) is 0 Å². The van der Waals surface area contributed by atoms with E-state index in [4.69, 9.17) is 0 Å². The first-order valence-electron chi connectivity index (χ1n) is 13.1. The molecule has 184 valence electrons. The van der Waals surface area contributed by atoms with E-state index in [-0.39, 0.29) is 0 Å². The van der Waals surface area contributed by atoms with E-state index in [1.54, 1.807) is 0 Å². The lowest BCUT2D eigenvalue weighted by molar-refractivity contribution is 1.20. The van der Waals surface area contributed by atoms with E-state index in [9.17, 15) is 0 Å². The number of aromatic nitrogens is 1. The molecule has 0 aliphatic carbocycles. The Labute approximate surface area is 238 Å². The summed E-state index contributed by atoms with van der Waals surface area (Å²) in [4.78, 5) is 0. The second-order valence-electron chi connectivity index (χ2n) is 9.90. The lowest BCUT2D eigenvalue weighted by Gasteiger charge is -2.10. The highest BCUT2D eigenvalue weighted by molar-refractivity contribution is 9.10. The van der Waals surface area contributed by atoms with Crippen LogP contribution < -0.4 is 0 Å². The quantitative estimate of drug-likeness (QED) is 0.196. The zero-order chi connectivity index (χ0) is 25.9. The average Bonchev–Trinajstić information content (AvgIpc) is 3.53. The third-order valence-electron chi connectivity index (χ3n) is 7.68. The van der Waals surface area contributed by atoms with E-state index >= 15 is 0 Å². The highest BCUT2D eigenvalue weighted by Crippen LogP contribution is 2.41. The molecule has 0 spiro atoms. The van der Waals surface area contributed by atoms with Crippen molar-refractivity contribution in [2.75, 3.05) is 0 Å². The van der Waals surface area contributed by atoms with Crippen molar-refractivity contribution in [3.8, 4) is 27.9 Å². The Bertz CT molecular complexity index is 2200. The molecule has 2 aromatic heterocycles. The van der Waals surface area contributed by atoms with Crippen molar-refractivity contribution in [2.45, 2.75) is 0 Å². The van der Waals surface area contributed by atoms with Crippen molar-refractivity contribution in [2.24, 2.45) is 0 Å². The molecule has 6 aromatic carbocycles. The molecule has 0 atom stereocenters. The number of halogens is 1. The molecule has 0 aliphatic rings. The van der Waals surface area contributed by atoms with Crippen molar-refractivity contribution in [1.29, 1.82) is 0 Å². The summed E-state index contributed by atoms with van der Waals surface area (Å²) >= 11 is 5.60. The molecule has 0 fully saturated rings. The molecule has 0 radical (unpaired) electrons. The Hall–Kier alpha value is -4.18. The molecule has 0 amide bonds. The van der Waals surface area contributed by atoms with E-state index in [0.717, 1.165) is 4.47 Å². The van der Waals surface area contributed by atoms with Gasteiger partial charge in [-0.2, -0.15) is 0 Å². The zero-order valence-corrected chi connectivity index (χ0v) is 23.3. The van der Waals surface area contributed by atoms with Gasteiger partial charge in [0.25, 0.3) is 0 Å². The van der Waals surface area contributed by atoms with Crippen LogP contribution in [0.15, 0.2) is 138 Å². The third-order valence-corrected chi connectivity index (χ3v) is 9.58. The standard InChI is InChI=1S/C36H22BrNS/c37-31-15-4-1-11-26(31)25-10-7-9-23(21-25)24-19-20-33-30(22-24)27-12-2-5-16-32(27)38(33)34-17-8-14-29-28-13-3-6-18-35(28)39-36(29)34/h1-22H. The summed E-state index contributed by atoms with van der Waals surface area (Å²) in [5.74, 6) is 0. The van der Waals surface area contributed by atoms with Gasteiger partial charge in [-0.15, -0.1) is 11.3 Å². The van der Waals surface area contributed by atoms with Gasteiger partial charge < -0.3 is 4.57 Å². The van der Waals surface area contributed by atoms with Crippen LogP contribution in [0, 0.1) is 0 Å². The van der Waals surface area contributed by atoms with Crippen LogP contribution in [0.4, 0.5) is 0 Å². The fourth-order valence-corrected chi connectivity index (χ4v) is 7.60. The van der Waals surface area contributed by atoms with Crippen LogP contribution in [0.1, 0.15) is 0 Å². The molecule has 0 saturated heterocycles. The molecule has 8 aromatic rings. The molecule has 8 rings (SSSR count). The molecule has 0 bridgehead atoms. The number of hydrogen-bond donors (Lipinski definition) is 0. The first kappa shape index (κ1) is 22.8. The van der Waals surface area contributed by atoms with Gasteiger partial charge in [-0.3, -0.25) is 0 Å². The minimum atomic E-state index is 1.11. The van der Waals surface area contributed by atoms with E-state index in [1.165, 1.54) is 69.9 Å². The minimum Gasteiger partial charge on any atom is -0.308 e. The minimum absolute atomic E-state index is 1.11. The van der Waals surface area contributed by atoms with E-state index in [2.05, 4.69) is 154 Å². The van der Waals surface area contributed by atoms with Crippen LogP contribution in [0.5, 0.6) is 0 Å². The molecular weight excluding hydrogens is 558 g/mol. The second-order valence-corrected chi connectivity index (χ2v) is 11.8. The van der Waals surface area contributed by atoms with Crippen molar-refractivity contribution in [3.63, 3.8) is 0 Å². The zero-order valence-electron chi connectivity index (χ0n) is 20.9. The molecule has 39 heavy (non-hydrogen) atoms. The SMILES string of the molecule is Brc1ccccc1-c1cccc(-c2ccc3c(c2)c2ccccc2n3-c2cccc3c2sc2ccccc23)c1. The van der Waals surface area contributed by atoms with Crippen molar-refractivity contribution in [3.05, 3.63) is 138 Å².